The maximum Gasteiger partial charge on any atom is 0.514 e. The van der Waals surface area contributed by atoms with Gasteiger partial charge >= 0.3 is 18.1 Å². The van der Waals surface area contributed by atoms with Crippen LogP contribution in [-0.2, 0) is 35.6 Å². The fourth-order valence-corrected chi connectivity index (χ4v) is 7.21. The van der Waals surface area contributed by atoms with Crippen LogP contribution in [0, 0.1) is 11.8 Å². The first-order valence-corrected chi connectivity index (χ1v) is 14.9. The van der Waals surface area contributed by atoms with Gasteiger partial charge in [0.05, 0.1) is 16.9 Å². The third-order valence-electron chi connectivity index (χ3n) is 8.99. The van der Waals surface area contributed by atoms with Crippen molar-refractivity contribution in [2.24, 2.45) is 11.8 Å². The van der Waals surface area contributed by atoms with Crippen LogP contribution in [0.2, 0.25) is 0 Å². The molecule has 1 fully saturated rings. The number of carbonyl (C=O) groups is 3. The lowest BCUT2D eigenvalue weighted by molar-refractivity contribution is -0.176. The molecule has 10 nitrogen and oxygen atoms in total. The maximum atomic E-state index is 13.2. The predicted octanol–water partition coefficient (Wildman–Crippen LogP) is 4.44. The molecule has 0 aromatic heterocycles. The Morgan fingerprint density at radius 2 is 1.83 bits per heavy atom. The zero-order valence-corrected chi connectivity index (χ0v) is 25.8. The van der Waals surface area contributed by atoms with Gasteiger partial charge in [-0.1, -0.05) is 26.8 Å². The third-order valence-corrected chi connectivity index (χ3v) is 8.99. The fraction of sp³-hybridized carbons (Fsp3) is 0.656. The summed E-state index contributed by atoms with van der Waals surface area (Å²) in [5.41, 5.74) is -1.13. The summed E-state index contributed by atoms with van der Waals surface area (Å²) in [6.07, 6.45) is 0.852. The molecule has 2 heterocycles. The molecule has 1 saturated heterocycles. The Bertz CT molecular complexity index is 1310. The van der Waals surface area contributed by atoms with Crippen LogP contribution < -0.4 is 9.47 Å². The predicted molar refractivity (Wildman–Crippen MR) is 152 cm³/mol. The van der Waals surface area contributed by atoms with E-state index < -0.39 is 46.9 Å². The monoisotopic (exact) mass is 585 g/mol. The molecule has 5 rings (SSSR count). The topological polar surface area (TPSA) is 121 Å². The SMILES string of the molecule is CC(C)C[C@H](C)C(=O)O[C@@H](C)C(=O)OC1=CC[C@@]2(O)[C@H]3Cc4ccc(OC(=O)OC(C)(C)C)c5c4[C@@]2(CCN3C)[C@H]1O5. The van der Waals surface area contributed by atoms with E-state index in [1.54, 1.807) is 39.8 Å². The molecule has 10 heteroatoms. The van der Waals surface area contributed by atoms with E-state index in [0.717, 1.165) is 11.1 Å². The molecule has 230 valence electrons. The number of piperidine rings is 1. The summed E-state index contributed by atoms with van der Waals surface area (Å²) >= 11 is 0. The van der Waals surface area contributed by atoms with E-state index in [1.807, 2.05) is 27.0 Å². The van der Waals surface area contributed by atoms with E-state index in [2.05, 4.69) is 4.90 Å². The van der Waals surface area contributed by atoms with Crippen molar-refractivity contribution in [2.75, 3.05) is 13.6 Å². The fourth-order valence-electron chi connectivity index (χ4n) is 7.21. The van der Waals surface area contributed by atoms with Gasteiger partial charge in [0, 0.05) is 18.0 Å². The van der Waals surface area contributed by atoms with Crippen molar-refractivity contribution in [1.82, 2.24) is 4.90 Å². The molecular weight excluding hydrogens is 542 g/mol. The van der Waals surface area contributed by atoms with Crippen LogP contribution in [0.25, 0.3) is 0 Å². The van der Waals surface area contributed by atoms with E-state index in [-0.39, 0.29) is 29.9 Å². The molecule has 1 aromatic carbocycles. The summed E-state index contributed by atoms with van der Waals surface area (Å²) in [6, 6.07) is 3.40. The van der Waals surface area contributed by atoms with Crippen LogP contribution in [0.1, 0.15) is 78.9 Å². The summed E-state index contributed by atoms with van der Waals surface area (Å²) in [6.45, 7) is 13.2. The Hall–Kier alpha value is -3.11. The number of benzene rings is 1. The number of aliphatic hydroxyl groups is 1. The van der Waals surface area contributed by atoms with E-state index in [0.29, 0.717) is 37.5 Å². The second kappa shape index (κ2) is 10.6. The molecule has 0 saturated carbocycles. The number of nitrogens with zero attached hydrogens (tertiary/aromatic N) is 1. The molecule has 1 aromatic rings. The summed E-state index contributed by atoms with van der Waals surface area (Å²) in [5, 5.41) is 12.4. The van der Waals surface area contributed by atoms with Gasteiger partial charge in [0.15, 0.2) is 23.7 Å². The average molecular weight is 586 g/mol. The van der Waals surface area contributed by atoms with Gasteiger partial charge in [-0.3, -0.25) is 4.79 Å². The third kappa shape index (κ3) is 4.96. The maximum absolute atomic E-state index is 13.2. The quantitative estimate of drug-likeness (QED) is 0.279. The summed E-state index contributed by atoms with van der Waals surface area (Å²) in [7, 11) is 2.00. The molecule has 2 aliphatic carbocycles. The highest BCUT2D eigenvalue weighted by molar-refractivity contribution is 5.81. The number of likely N-dealkylation sites (tertiary alicyclic amines) is 1. The summed E-state index contributed by atoms with van der Waals surface area (Å²) in [4.78, 5) is 40.6. The molecule has 42 heavy (non-hydrogen) atoms. The Morgan fingerprint density at radius 1 is 1.12 bits per heavy atom. The van der Waals surface area contributed by atoms with Crippen molar-refractivity contribution < 1.29 is 43.2 Å². The zero-order valence-electron chi connectivity index (χ0n) is 25.8. The number of ether oxygens (including phenoxy) is 5. The molecule has 1 spiro atoms. The largest absolute Gasteiger partial charge is 0.514 e. The van der Waals surface area contributed by atoms with Gasteiger partial charge in [-0.25, -0.2) is 9.59 Å². The minimum absolute atomic E-state index is 0.179. The lowest BCUT2D eigenvalue weighted by Crippen LogP contribution is -2.74. The molecule has 2 bridgehead atoms. The van der Waals surface area contributed by atoms with E-state index in [4.69, 9.17) is 23.7 Å². The molecule has 0 amide bonds. The van der Waals surface area contributed by atoms with Gasteiger partial charge in [0.2, 0.25) is 0 Å². The highest BCUT2D eigenvalue weighted by Crippen LogP contribution is 2.65. The van der Waals surface area contributed by atoms with Gasteiger partial charge in [0.25, 0.3) is 0 Å². The zero-order chi connectivity index (χ0) is 30.8. The average Bonchev–Trinajstić information content (AvgIpc) is 3.23. The highest BCUT2D eigenvalue weighted by Gasteiger charge is 2.72. The van der Waals surface area contributed by atoms with Crippen LogP contribution >= 0.6 is 0 Å². The normalized spacial score (nSPS) is 29.0. The van der Waals surface area contributed by atoms with Gasteiger partial charge in [-0.15, -0.1) is 0 Å². The van der Waals surface area contributed by atoms with Crippen molar-refractivity contribution in [3.05, 3.63) is 35.1 Å². The number of likely N-dealkylation sites (N-methyl/N-ethyl adjacent to an activating group) is 1. The standard InChI is InChI=1S/C32H43NO9/c1-17(2)15-18(3)27(34)38-19(4)28(35)39-22-11-12-32(37)23-16-20-9-10-21(40-29(36)42-30(5,6)7)25-24(20)31(32,26(22)41-25)13-14-33(23)8/h9-11,17-19,23,26,37H,12-16H2,1-8H3/t18-,19-,23+,26-,31-,32+/m0/s1. The van der Waals surface area contributed by atoms with Crippen LogP contribution in [0.3, 0.4) is 0 Å². The lowest BCUT2D eigenvalue weighted by atomic mass is 9.50. The lowest BCUT2D eigenvalue weighted by Gasteiger charge is -2.61. The Morgan fingerprint density at radius 3 is 2.50 bits per heavy atom. The van der Waals surface area contributed by atoms with Crippen LogP contribution in [-0.4, -0.2) is 71.1 Å². The Balaban J connectivity index is 1.46. The van der Waals surface area contributed by atoms with E-state index in [9.17, 15) is 19.5 Å². The molecule has 0 unspecified atom stereocenters. The van der Waals surface area contributed by atoms with Crippen LogP contribution in [0.4, 0.5) is 4.79 Å². The molecule has 0 radical (unpaired) electrons. The van der Waals surface area contributed by atoms with Crippen LogP contribution in [0.5, 0.6) is 11.5 Å². The van der Waals surface area contributed by atoms with Crippen LogP contribution in [0.15, 0.2) is 24.0 Å². The number of hydrogen-bond acceptors (Lipinski definition) is 10. The Labute approximate surface area is 247 Å². The number of hydrogen-bond donors (Lipinski definition) is 1. The van der Waals surface area contributed by atoms with Gasteiger partial charge < -0.3 is 33.7 Å². The first-order valence-electron chi connectivity index (χ1n) is 14.9. The molecular formula is C32H43NO9. The van der Waals surface area contributed by atoms with E-state index >= 15 is 0 Å². The van der Waals surface area contributed by atoms with Gasteiger partial charge in [0.1, 0.15) is 11.4 Å². The summed E-state index contributed by atoms with van der Waals surface area (Å²) in [5.74, 6) is -0.450. The smallest absolute Gasteiger partial charge is 0.477 e. The molecule has 4 aliphatic rings. The number of esters is 2. The van der Waals surface area contributed by atoms with Crippen molar-refractivity contribution in [2.45, 2.75) is 109 Å². The minimum atomic E-state index is -1.21. The van der Waals surface area contributed by atoms with Gasteiger partial charge in [-0.05, 0) is 84.2 Å². The molecule has 1 N–H and O–H groups in total. The number of rotatable bonds is 7. The second-order valence-corrected chi connectivity index (χ2v) is 13.7. The van der Waals surface area contributed by atoms with Crippen molar-refractivity contribution in [1.29, 1.82) is 0 Å². The summed E-state index contributed by atoms with van der Waals surface area (Å²) < 4.78 is 28.9. The highest BCUT2D eigenvalue weighted by atomic mass is 16.7. The molecule has 2 aliphatic heterocycles. The van der Waals surface area contributed by atoms with Crippen molar-refractivity contribution in [3.63, 3.8) is 0 Å². The van der Waals surface area contributed by atoms with Gasteiger partial charge in [-0.2, -0.15) is 0 Å². The Kier molecular flexibility index (Phi) is 7.63. The minimum Gasteiger partial charge on any atom is -0.477 e. The van der Waals surface area contributed by atoms with E-state index in [1.165, 1.54) is 6.92 Å². The molecule has 6 atom stereocenters. The second-order valence-electron chi connectivity index (χ2n) is 13.7. The number of carbonyl (C=O) groups excluding carboxylic acids is 3. The first-order chi connectivity index (χ1) is 19.6. The van der Waals surface area contributed by atoms with Crippen molar-refractivity contribution >= 4 is 18.1 Å². The first kappa shape index (κ1) is 30.4. The van der Waals surface area contributed by atoms with Crippen molar-refractivity contribution in [3.8, 4) is 11.5 Å².